The van der Waals surface area contributed by atoms with Gasteiger partial charge in [-0.2, -0.15) is 5.10 Å². The summed E-state index contributed by atoms with van der Waals surface area (Å²) in [6, 6.07) is 2.03. The molecule has 3 rings (SSSR count). The van der Waals surface area contributed by atoms with Crippen molar-refractivity contribution in [3.63, 3.8) is 0 Å². The molecule has 6 nitrogen and oxygen atoms in total. The Morgan fingerprint density at radius 3 is 2.89 bits per heavy atom. The maximum atomic E-state index is 4.50. The van der Waals surface area contributed by atoms with E-state index < -0.39 is 0 Å². The predicted octanol–water partition coefficient (Wildman–Crippen LogP) is 1.62. The van der Waals surface area contributed by atoms with Crippen LogP contribution in [-0.4, -0.2) is 24.3 Å². The van der Waals surface area contributed by atoms with E-state index in [1.807, 2.05) is 44.0 Å². The zero-order valence-corrected chi connectivity index (χ0v) is 11.3. The van der Waals surface area contributed by atoms with Gasteiger partial charge in [-0.3, -0.25) is 4.68 Å². The minimum atomic E-state index is 0.678. The Morgan fingerprint density at radius 2 is 2.16 bits per heavy atom. The van der Waals surface area contributed by atoms with Crippen LogP contribution in [0.3, 0.4) is 0 Å². The number of aryl methyl sites for hydroxylation is 3. The summed E-state index contributed by atoms with van der Waals surface area (Å²) in [6.07, 6.45) is 5.57. The van der Waals surface area contributed by atoms with Gasteiger partial charge in [0.05, 0.1) is 18.1 Å². The fraction of sp³-hybridized carbons (Fsp3) is 0.308. The van der Waals surface area contributed by atoms with Crippen molar-refractivity contribution in [2.24, 2.45) is 14.1 Å². The zero-order valence-electron chi connectivity index (χ0n) is 11.3. The van der Waals surface area contributed by atoms with Crippen molar-refractivity contribution in [1.29, 1.82) is 0 Å². The molecule has 0 aromatic carbocycles. The molecule has 0 spiro atoms. The largest absolute Gasteiger partial charge is 0.377 e. The lowest BCUT2D eigenvalue weighted by Gasteiger charge is -2.08. The summed E-state index contributed by atoms with van der Waals surface area (Å²) in [7, 11) is 3.89. The van der Waals surface area contributed by atoms with Crippen molar-refractivity contribution >= 4 is 16.7 Å². The maximum Gasteiger partial charge on any atom is 0.159 e. The summed E-state index contributed by atoms with van der Waals surface area (Å²) < 4.78 is 3.79. The van der Waals surface area contributed by atoms with E-state index in [-0.39, 0.29) is 0 Å². The fourth-order valence-corrected chi connectivity index (χ4v) is 2.13. The summed E-state index contributed by atoms with van der Waals surface area (Å²) in [4.78, 5) is 8.80. The molecular weight excluding hydrogens is 240 g/mol. The summed E-state index contributed by atoms with van der Waals surface area (Å²) >= 11 is 0. The third-order valence-corrected chi connectivity index (χ3v) is 3.19. The Labute approximate surface area is 111 Å². The van der Waals surface area contributed by atoms with Gasteiger partial charge in [0.15, 0.2) is 5.65 Å². The molecule has 0 atom stereocenters. The highest BCUT2D eigenvalue weighted by Gasteiger charge is 2.08. The van der Waals surface area contributed by atoms with E-state index in [1.165, 1.54) is 0 Å². The summed E-state index contributed by atoms with van der Waals surface area (Å²) in [6.45, 7) is 2.66. The van der Waals surface area contributed by atoms with Crippen LogP contribution in [0.15, 0.2) is 24.7 Å². The summed E-state index contributed by atoms with van der Waals surface area (Å²) in [5.74, 6) is 0.992. The van der Waals surface area contributed by atoms with Crippen molar-refractivity contribution in [3.05, 3.63) is 36.2 Å². The summed E-state index contributed by atoms with van der Waals surface area (Å²) in [5.41, 5.74) is 2.90. The highest BCUT2D eigenvalue weighted by molar-refractivity contribution is 5.88. The number of anilines is 1. The number of nitrogens with one attached hydrogen (secondary N) is 1. The van der Waals surface area contributed by atoms with Crippen molar-refractivity contribution in [1.82, 2.24) is 24.3 Å². The number of nitrogens with zero attached hydrogens (tertiary/aromatic N) is 5. The van der Waals surface area contributed by atoms with Crippen LogP contribution in [-0.2, 0) is 20.6 Å². The van der Waals surface area contributed by atoms with E-state index in [9.17, 15) is 0 Å². The van der Waals surface area contributed by atoms with Crippen molar-refractivity contribution in [2.45, 2.75) is 13.5 Å². The third-order valence-electron chi connectivity index (χ3n) is 3.19. The lowest BCUT2D eigenvalue weighted by atomic mass is 10.2. The number of imidazole rings is 1. The number of rotatable bonds is 3. The second kappa shape index (κ2) is 4.38. The highest BCUT2D eigenvalue weighted by atomic mass is 15.3. The average molecular weight is 256 g/mol. The molecule has 0 bridgehead atoms. The second-order valence-corrected chi connectivity index (χ2v) is 4.62. The van der Waals surface area contributed by atoms with E-state index in [4.69, 9.17) is 0 Å². The van der Waals surface area contributed by atoms with E-state index >= 15 is 0 Å². The predicted molar refractivity (Wildman–Crippen MR) is 73.8 cm³/mol. The van der Waals surface area contributed by atoms with Crippen LogP contribution >= 0.6 is 0 Å². The molecule has 0 aliphatic carbocycles. The summed E-state index contributed by atoms with van der Waals surface area (Å²) in [5, 5.41) is 8.69. The van der Waals surface area contributed by atoms with E-state index in [1.54, 1.807) is 10.9 Å². The average Bonchev–Trinajstić information content (AvgIpc) is 2.94. The first-order valence-corrected chi connectivity index (χ1v) is 6.14. The van der Waals surface area contributed by atoms with Gasteiger partial charge in [0.2, 0.25) is 0 Å². The first-order valence-electron chi connectivity index (χ1n) is 6.14. The topological polar surface area (TPSA) is 60.6 Å². The van der Waals surface area contributed by atoms with Crippen molar-refractivity contribution in [3.8, 4) is 0 Å². The Hall–Kier alpha value is -2.37. The third kappa shape index (κ3) is 2.05. The van der Waals surface area contributed by atoms with Gasteiger partial charge in [-0.25, -0.2) is 9.97 Å². The smallest absolute Gasteiger partial charge is 0.159 e. The number of pyridine rings is 1. The van der Waals surface area contributed by atoms with E-state index in [0.29, 0.717) is 6.54 Å². The van der Waals surface area contributed by atoms with Gasteiger partial charge in [-0.15, -0.1) is 0 Å². The number of hydrogen-bond acceptors (Lipinski definition) is 4. The second-order valence-electron chi connectivity index (χ2n) is 4.62. The van der Waals surface area contributed by atoms with Crippen LogP contribution in [0, 0.1) is 6.92 Å². The van der Waals surface area contributed by atoms with Gasteiger partial charge >= 0.3 is 0 Å². The monoisotopic (exact) mass is 256 g/mol. The van der Waals surface area contributed by atoms with Gasteiger partial charge in [-0.05, 0) is 13.0 Å². The molecule has 0 fully saturated rings. The van der Waals surface area contributed by atoms with Gasteiger partial charge in [0, 0.05) is 37.9 Å². The van der Waals surface area contributed by atoms with Gasteiger partial charge in [-0.1, -0.05) is 0 Å². The van der Waals surface area contributed by atoms with Crippen LogP contribution in [0.1, 0.15) is 11.5 Å². The Kier molecular flexibility index (Phi) is 2.70. The van der Waals surface area contributed by atoms with Crippen molar-refractivity contribution in [2.75, 3.05) is 5.32 Å². The minimum Gasteiger partial charge on any atom is -0.377 e. The van der Waals surface area contributed by atoms with Crippen LogP contribution in [0.25, 0.3) is 11.0 Å². The molecule has 3 heterocycles. The molecule has 0 amide bonds. The van der Waals surface area contributed by atoms with E-state index in [2.05, 4.69) is 20.4 Å². The first-order chi connectivity index (χ1) is 9.15. The first kappa shape index (κ1) is 11.7. The van der Waals surface area contributed by atoms with Gasteiger partial charge in [0.25, 0.3) is 0 Å². The number of aromatic nitrogens is 5. The minimum absolute atomic E-state index is 0.678. The molecule has 0 aliphatic rings. The van der Waals surface area contributed by atoms with Gasteiger partial charge < -0.3 is 9.88 Å². The maximum absolute atomic E-state index is 4.50. The molecule has 0 unspecified atom stereocenters. The standard InChI is InChI=1S/C13H16N6/c1-9-6-11(10-7-16-19(3)13(10)17-9)15-8-12-14-4-5-18(12)2/h4-7H,8H2,1-3H3,(H,15,17). The van der Waals surface area contributed by atoms with Gasteiger partial charge in [0.1, 0.15) is 5.82 Å². The molecule has 0 aliphatic heterocycles. The van der Waals surface area contributed by atoms with Crippen LogP contribution < -0.4 is 5.32 Å². The molecule has 0 saturated carbocycles. The van der Waals surface area contributed by atoms with Crippen LogP contribution in [0.2, 0.25) is 0 Å². The molecule has 98 valence electrons. The molecule has 0 saturated heterocycles. The molecule has 3 aromatic rings. The number of fused-ring (bicyclic) bond motifs is 1. The van der Waals surface area contributed by atoms with Crippen molar-refractivity contribution < 1.29 is 0 Å². The molecule has 0 radical (unpaired) electrons. The normalized spacial score (nSPS) is 11.1. The van der Waals surface area contributed by atoms with Crippen LogP contribution in [0.5, 0.6) is 0 Å². The molecular formula is C13H16N6. The van der Waals surface area contributed by atoms with E-state index in [0.717, 1.165) is 28.2 Å². The Bertz CT molecular complexity index is 724. The lowest BCUT2D eigenvalue weighted by Crippen LogP contribution is -2.06. The fourth-order valence-electron chi connectivity index (χ4n) is 2.13. The zero-order chi connectivity index (χ0) is 13.4. The molecule has 6 heteroatoms. The quantitative estimate of drug-likeness (QED) is 0.773. The Balaban J connectivity index is 1.94. The van der Waals surface area contributed by atoms with Crippen LogP contribution in [0.4, 0.5) is 5.69 Å². The lowest BCUT2D eigenvalue weighted by molar-refractivity contribution is 0.785. The molecule has 1 N–H and O–H groups in total. The number of hydrogen-bond donors (Lipinski definition) is 1. The Morgan fingerprint density at radius 1 is 1.32 bits per heavy atom. The molecule has 19 heavy (non-hydrogen) atoms. The molecule has 3 aromatic heterocycles. The SMILES string of the molecule is Cc1cc(NCc2nccn2C)c2cnn(C)c2n1. The highest BCUT2D eigenvalue weighted by Crippen LogP contribution is 2.22.